The van der Waals surface area contributed by atoms with Crippen molar-refractivity contribution in [2.75, 3.05) is 13.1 Å². The number of carbonyl (C=O) groups excluding carboxylic acids is 1. The number of benzene rings is 3. The summed E-state index contributed by atoms with van der Waals surface area (Å²) in [6.45, 7) is 1.11. The zero-order valence-corrected chi connectivity index (χ0v) is 18.6. The Morgan fingerprint density at radius 3 is 1.62 bits per heavy atom. The standard InChI is InChI=1S/C25H23NOP.BrH/c1-2-19-26-20-18-24(25(26)27)28(21-12-6-3-7-13-21,22-14-8-4-9-15-22)23-16-10-5-11-17-23;/h1,3-17,24H,18-20H2;1H/q+1;/p-1. The summed E-state index contributed by atoms with van der Waals surface area (Å²) in [6, 6.07) is 31.7. The summed E-state index contributed by atoms with van der Waals surface area (Å²) in [6.07, 6.45) is 6.35. The lowest BCUT2D eigenvalue weighted by Crippen LogP contribution is -3.00. The van der Waals surface area contributed by atoms with Gasteiger partial charge >= 0.3 is 0 Å². The van der Waals surface area contributed by atoms with Crippen LogP contribution in [-0.4, -0.2) is 29.6 Å². The van der Waals surface area contributed by atoms with Crippen LogP contribution in [0.3, 0.4) is 0 Å². The molecule has 146 valence electrons. The van der Waals surface area contributed by atoms with Gasteiger partial charge in [0.05, 0.1) is 6.54 Å². The predicted octanol–water partition coefficient (Wildman–Crippen LogP) is 0.219. The second-order valence-electron chi connectivity index (χ2n) is 7.00. The molecule has 1 heterocycles. The highest BCUT2D eigenvalue weighted by molar-refractivity contribution is 7.96. The number of likely N-dealkylation sites (tertiary alicyclic amines) is 1. The van der Waals surface area contributed by atoms with Crippen molar-refractivity contribution in [2.24, 2.45) is 0 Å². The van der Waals surface area contributed by atoms with Gasteiger partial charge in [-0.1, -0.05) is 60.5 Å². The maximum absolute atomic E-state index is 13.5. The molecule has 3 aromatic carbocycles. The maximum Gasteiger partial charge on any atom is 0.265 e. The van der Waals surface area contributed by atoms with E-state index in [1.54, 1.807) is 0 Å². The van der Waals surface area contributed by atoms with Crippen molar-refractivity contribution in [3.05, 3.63) is 91.0 Å². The van der Waals surface area contributed by atoms with Gasteiger partial charge in [0.1, 0.15) is 23.2 Å². The zero-order chi connectivity index (χ0) is 19.4. The van der Waals surface area contributed by atoms with Gasteiger partial charge in [0, 0.05) is 13.0 Å². The van der Waals surface area contributed by atoms with Gasteiger partial charge in [-0.15, -0.1) is 6.42 Å². The third-order valence-electron chi connectivity index (χ3n) is 5.51. The molecule has 1 amide bonds. The Bertz CT molecular complexity index is 889. The van der Waals surface area contributed by atoms with Crippen LogP contribution in [0.2, 0.25) is 0 Å². The summed E-state index contributed by atoms with van der Waals surface area (Å²) in [5.74, 6) is 2.83. The highest BCUT2D eigenvalue weighted by Gasteiger charge is 2.58. The Kier molecular flexibility index (Phi) is 6.91. The van der Waals surface area contributed by atoms with E-state index in [9.17, 15) is 4.79 Å². The largest absolute Gasteiger partial charge is 1.00 e. The zero-order valence-electron chi connectivity index (χ0n) is 16.1. The van der Waals surface area contributed by atoms with Gasteiger partial charge in [-0.3, -0.25) is 4.79 Å². The van der Waals surface area contributed by atoms with Crippen molar-refractivity contribution >= 4 is 29.1 Å². The predicted molar refractivity (Wildman–Crippen MR) is 119 cm³/mol. The molecule has 1 saturated heterocycles. The van der Waals surface area contributed by atoms with E-state index in [2.05, 4.69) is 78.7 Å². The summed E-state index contributed by atoms with van der Waals surface area (Å²) < 4.78 is 0. The van der Waals surface area contributed by atoms with E-state index < -0.39 is 7.26 Å². The quantitative estimate of drug-likeness (QED) is 0.391. The van der Waals surface area contributed by atoms with Crippen molar-refractivity contribution in [1.82, 2.24) is 4.90 Å². The van der Waals surface area contributed by atoms with Crippen molar-refractivity contribution < 1.29 is 21.8 Å². The first kappa shape index (κ1) is 21.3. The number of amides is 1. The van der Waals surface area contributed by atoms with Crippen LogP contribution in [-0.2, 0) is 4.79 Å². The number of rotatable bonds is 5. The van der Waals surface area contributed by atoms with Crippen LogP contribution in [0.1, 0.15) is 6.42 Å². The van der Waals surface area contributed by atoms with E-state index in [1.165, 1.54) is 15.9 Å². The Balaban J connectivity index is 0.00000240. The third-order valence-corrected chi connectivity index (χ3v) is 10.3. The Hall–Kier alpha value is -2.40. The van der Waals surface area contributed by atoms with Gasteiger partial charge in [-0.25, -0.2) is 0 Å². The fraction of sp³-hybridized carbons (Fsp3) is 0.160. The molecule has 0 radical (unpaired) electrons. The second-order valence-corrected chi connectivity index (χ2v) is 10.6. The molecule has 1 unspecified atom stereocenters. The number of halogens is 1. The number of hydrogen-bond donors (Lipinski definition) is 0. The molecule has 1 fully saturated rings. The molecule has 0 N–H and O–H groups in total. The molecule has 1 atom stereocenters. The minimum absolute atomic E-state index is 0. The first-order chi connectivity index (χ1) is 13.8. The van der Waals surface area contributed by atoms with Crippen molar-refractivity contribution in [3.63, 3.8) is 0 Å². The van der Waals surface area contributed by atoms with E-state index in [-0.39, 0.29) is 28.5 Å². The smallest absolute Gasteiger partial charge is 0.265 e. The van der Waals surface area contributed by atoms with Gasteiger partial charge < -0.3 is 21.9 Å². The highest BCUT2D eigenvalue weighted by Crippen LogP contribution is 2.62. The number of carbonyl (C=O) groups is 1. The highest BCUT2D eigenvalue weighted by atomic mass is 79.9. The lowest BCUT2D eigenvalue weighted by molar-refractivity contribution is -0.126. The third kappa shape index (κ3) is 3.76. The molecular weight excluding hydrogens is 441 g/mol. The molecule has 0 saturated carbocycles. The Morgan fingerprint density at radius 2 is 1.24 bits per heavy atom. The topological polar surface area (TPSA) is 20.3 Å². The lowest BCUT2D eigenvalue weighted by Gasteiger charge is -2.31. The van der Waals surface area contributed by atoms with Crippen LogP contribution >= 0.6 is 7.26 Å². The number of nitrogens with zero attached hydrogens (tertiary/aromatic N) is 1. The van der Waals surface area contributed by atoms with Crippen LogP contribution < -0.4 is 32.9 Å². The monoisotopic (exact) mass is 463 g/mol. The van der Waals surface area contributed by atoms with Gasteiger partial charge in [-0.2, -0.15) is 0 Å². The van der Waals surface area contributed by atoms with E-state index in [0.29, 0.717) is 6.54 Å². The average Bonchev–Trinajstić information content (AvgIpc) is 3.12. The molecule has 29 heavy (non-hydrogen) atoms. The molecule has 1 aliphatic heterocycles. The Labute approximate surface area is 184 Å². The second kappa shape index (κ2) is 9.40. The van der Waals surface area contributed by atoms with Crippen molar-refractivity contribution in [3.8, 4) is 12.3 Å². The maximum atomic E-state index is 13.5. The SMILES string of the molecule is C#CCN1CCC([P+](c2ccccc2)(c2ccccc2)c2ccccc2)C1=O.[Br-]. The molecule has 0 bridgehead atoms. The molecule has 1 aliphatic rings. The van der Waals surface area contributed by atoms with Gasteiger partial charge in [0.25, 0.3) is 5.91 Å². The van der Waals surface area contributed by atoms with Crippen LogP contribution in [0.25, 0.3) is 0 Å². The summed E-state index contributed by atoms with van der Waals surface area (Å²) in [7, 11) is -2.18. The normalized spacial score (nSPS) is 16.2. The number of hydrogen-bond acceptors (Lipinski definition) is 1. The first-order valence-electron chi connectivity index (χ1n) is 9.56. The van der Waals surface area contributed by atoms with E-state index >= 15 is 0 Å². The number of terminal acetylenes is 1. The molecular formula is C25H23BrNOP. The molecule has 0 spiro atoms. The van der Waals surface area contributed by atoms with Crippen molar-refractivity contribution in [1.29, 1.82) is 0 Å². The van der Waals surface area contributed by atoms with E-state index in [4.69, 9.17) is 6.42 Å². The van der Waals surface area contributed by atoms with Crippen LogP contribution in [0.15, 0.2) is 91.0 Å². The van der Waals surface area contributed by atoms with Crippen LogP contribution in [0, 0.1) is 12.3 Å². The van der Waals surface area contributed by atoms with Crippen LogP contribution in [0.4, 0.5) is 0 Å². The van der Waals surface area contributed by atoms with Crippen LogP contribution in [0.5, 0.6) is 0 Å². The fourth-order valence-electron chi connectivity index (χ4n) is 4.33. The minimum Gasteiger partial charge on any atom is -1.00 e. The van der Waals surface area contributed by atoms with E-state index in [0.717, 1.165) is 13.0 Å². The van der Waals surface area contributed by atoms with Gasteiger partial charge in [-0.05, 0) is 36.4 Å². The molecule has 4 heteroatoms. The minimum atomic E-state index is -2.18. The van der Waals surface area contributed by atoms with E-state index in [1.807, 2.05) is 23.1 Å². The molecule has 3 aromatic rings. The van der Waals surface area contributed by atoms with Gasteiger partial charge in [0.15, 0.2) is 5.66 Å². The summed E-state index contributed by atoms with van der Waals surface area (Å²) in [5.41, 5.74) is -0.0898. The first-order valence-corrected chi connectivity index (χ1v) is 11.4. The van der Waals surface area contributed by atoms with Gasteiger partial charge in [0.2, 0.25) is 0 Å². The summed E-state index contributed by atoms with van der Waals surface area (Å²) in [4.78, 5) is 15.4. The Morgan fingerprint density at radius 1 is 0.828 bits per heavy atom. The lowest BCUT2D eigenvalue weighted by atomic mass is 10.3. The molecule has 2 nitrogen and oxygen atoms in total. The summed E-state index contributed by atoms with van der Waals surface area (Å²) >= 11 is 0. The fourth-order valence-corrected chi connectivity index (χ4v) is 9.22. The molecule has 0 aromatic heterocycles. The average molecular weight is 464 g/mol. The summed E-state index contributed by atoms with van der Waals surface area (Å²) in [5, 5.41) is 3.73. The van der Waals surface area contributed by atoms with Crippen molar-refractivity contribution in [2.45, 2.75) is 12.1 Å². The molecule has 0 aliphatic carbocycles. The molecule has 4 rings (SSSR count).